The number of carbonyl (C=O) groups is 2. The molecule has 10 heteroatoms. The highest BCUT2D eigenvalue weighted by atomic mass is 32.1. The van der Waals surface area contributed by atoms with E-state index in [0.29, 0.717) is 34.2 Å². The molecule has 0 saturated heterocycles. The summed E-state index contributed by atoms with van der Waals surface area (Å²) in [6.07, 6.45) is 8.45. The normalized spacial score (nSPS) is 11.9. The Morgan fingerprint density at radius 3 is 2.70 bits per heavy atom. The Hall–Kier alpha value is -3.24. The lowest BCUT2D eigenvalue weighted by Gasteiger charge is -2.16. The highest BCUT2D eigenvalue weighted by molar-refractivity contribution is 7.12. The minimum Gasteiger partial charge on any atom is -0.346 e. The van der Waals surface area contributed by atoms with Crippen LogP contribution in [0.2, 0.25) is 0 Å². The number of ketones is 1. The molecule has 0 aliphatic carbocycles. The highest BCUT2D eigenvalue weighted by Crippen LogP contribution is 2.24. The number of aromatic nitrogens is 4. The van der Waals surface area contributed by atoms with Crippen molar-refractivity contribution in [2.75, 3.05) is 0 Å². The number of nitrogens with zero attached hydrogens (tertiary/aromatic N) is 3. The highest BCUT2D eigenvalue weighted by Gasteiger charge is 2.20. The molecule has 170 valence electrons. The number of thiazole rings is 2. The van der Waals surface area contributed by atoms with Crippen LogP contribution in [0.5, 0.6) is 0 Å². The van der Waals surface area contributed by atoms with Crippen LogP contribution in [0.15, 0.2) is 53.7 Å². The van der Waals surface area contributed by atoms with E-state index in [1.54, 1.807) is 35.4 Å². The van der Waals surface area contributed by atoms with E-state index in [-0.39, 0.29) is 23.5 Å². The van der Waals surface area contributed by atoms with Gasteiger partial charge in [-0.1, -0.05) is 12.8 Å². The number of halogens is 1. The van der Waals surface area contributed by atoms with E-state index in [9.17, 15) is 14.0 Å². The molecule has 1 atom stereocenters. The van der Waals surface area contributed by atoms with Crippen LogP contribution in [-0.2, 0) is 0 Å². The second kappa shape index (κ2) is 11.1. The topological polar surface area (TPSA) is 101 Å². The molecule has 0 spiro atoms. The fourth-order valence-corrected chi connectivity index (χ4v) is 4.53. The lowest BCUT2D eigenvalue weighted by Crippen LogP contribution is -2.28. The maximum Gasteiger partial charge on any atom is 0.263 e. The van der Waals surface area contributed by atoms with Crippen LogP contribution in [-0.4, -0.2) is 31.6 Å². The summed E-state index contributed by atoms with van der Waals surface area (Å²) in [5.41, 5.74) is 3.08. The average molecular weight is 484 g/mol. The molecule has 0 saturated carbocycles. The molecule has 4 rings (SSSR count). The first-order valence-electron chi connectivity index (χ1n) is 10.5. The van der Waals surface area contributed by atoms with Gasteiger partial charge in [-0.2, -0.15) is 0 Å². The van der Waals surface area contributed by atoms with Crippen molar-refractivity contribution in [3.05, 3.63) is 75.3 Å². The fourth-order valence-electron chi connectivity index (χ4n) is 3.40. The molecule has 1 aromatic carbocycles. The molecule has 1 unspecified atom stereocenters. The predicted molar refractivity (Wildman–Crippen MR) is 126 cm³/mol. The van der Waals surface area contributed by atoms with Gasteiger partial charge in [0, 0.05) is 29.8 Å². The van der Waals surface area contributed by atoms with E-state index in [2.05, 4.69) is 25.3 Å². The van der Waals surface area contributed by atoms with Gasteiger partial charge in [-0.25, -0.2) is 14.4 Å². The summed E-state index contributed by atoms with van der Waals surface area (Å²) in [4.78, 5) is 41.1. The SMILES string of the molecule is O=C(NC(CCCCCC(=O)c1nccs1)c1nc(-c2ccc(F)cc2)c[nH]1)c1cncs1. The van der Waals surface area contributed by atoms with Gasteiger partial charge in [0.05, 0.1) is 23.4 Å². The Kier molecular flexibility index (Phi) is 7.69. The van der Waals surface area contributed by atoms with Crippen molar-refractivity contribution in [3.8, 4) is 11.3 Å². The molecule has 0 fully saturated rings. The zero-order chi connectivity index (χ0) is 23.0. The molecule has 7 nitrogen and oxygen atoms in total. The molecule has 0 radical (unpaired) electrons. The van der Waals surface area contributed by atoms with E-state index in [1.807, 2.05) is 0 Å². The lowest BCUT2D eigenvalue weighted by molar-refractivity contribution is 0.0935. The number of H-pyrrole nitrogens is 1. The quantitative estimate of drug-likeness (QED) is 0.219. The molecule has 0 aliphatic heterocycles. The third-order valence-electron chi connectivity index (χ3n) is 5.10. The van der Waals surface area contributed by atoms with E-state index >= 15 is 0 Å². The van der Waals surface area contributed by atoms with Crippen LogP contribution in [0.4, 0.5) is 4.39 Å². The number of Topliss-reactive ketones (excluding diaryl/α,β-unsaturated/α-hetero) is 1. The van der Waals surface area contributed by atoms with E-state index < -0.39 is 0 Å². The monoisotopic (exact) mass is 483 g/mol. The molecule has 33 heavy (non-hydrogen) atoms. The third-order valence-corrected chi connectivity index (χ3v) is 6.68. The van der Waals surface area contributed by atoms with Gasteiger partial charge in [0.25, 0.3) is 5.91 Å². The maximum atomic E-state index is 13.2. The van der Waals surface area contributed by atoms with E-state index in [0.717, 1.165) is 24.8 Å². The first-order valence-corrected chi connectivity index (χ1v) is 12.3. The zero-order valence-corrected chi connectivity index (χ0v) is 19.3. The molecule has 3 heterocycles. The zero-order valence-electron chi connectivity index (χ0n) is 17.7. The van der Waals surface area contributed by atoms with Crippen molar-refractivity contribution in [2.45, 2.75) is 38.1 Å². The minimum atomic E-state index is -0.330. The van der Waals surface area contributed by atoms with Crippen LogP contribution in [0.1, 0.15) is 63.4 Å². The summed E-state index contributed by atoms with van der Waals surface area (Å²) in [6, 6.07) is 5.78. The number of unbranched alkanes of at least 4 members (excludes halogenated alkanes) is 2. The first-order chi connectivity index (χ1) is 16.1. The number of hydrogen-bond acceptors (Lipinski definition) is 7. The van der Waals surface area contributed by atoms with Crippen molar-refractivity contribution < 1.29 is 14.0 Å². The lowest BCUT2D eigenvalue weighted by atomic mass is 10.1. The molecule has 4 aromatic rings. The number of imidazole rings is 1. The van der Waals surface area contributed by atoms with Crippen LogP contribution in [0.3, 0.4) is 0 Å². The van der Waals surface area contributed by atoms with Gasteiger partial charge in [-0.05, 0) is 37.1 Å². The summed E-state index contributed by atoms with van der Waals surface area (Å²) in [5, 5.41) is 5.38. The molecule has 3 aromatic heterocycles. The summed E-state index contributed by atoms with van der Waals surface area (Å²) >= 11 is 2.63. The molecular weight excluding hydrogens is 461 g/mol. The predicted octanol–water partition coefficient (Wildman–Crippen LogP) is 5.43. The van der Waals surface area contributed by atoms with Crippen LogP contribution in [0.25, 0.3) is 11.3 Å². The number of carbonyl (C=O) groups excluding carboxylic acids is 2. The van der Waals surface area contributed by atoms with E-state index in [4.69, 9.17) is 0 Å². The maximum absolute atomic E-state index is 13.2. The van der Waals surface area contributed by atoms with E-state index in [1.165, 1.54) is 41.0 Å². The molecule has 2 N–H and O–H groups in total. The van der Waals surface area contributed by atoms with Crippen molar-refractivity contribution in [3.63, 3.8) is 0 Å². The third kappa shape index (κ3) is 6.17. The second-order valence-electron chi connectivity index (χ2n) is 7.43. The standard InChI is InChI=1S/C23H22FN5O2S2/c24-16-8-6-15(7-9-16)18-12-27-21(28-18)17(29-22(31)20-13-25-14-33-20)4-2-1-3-5-19(30)23-26-10-11-32-23/h6-14,17H,1-5H2,(H,27,28)(H,29,31). The number of rotatable bonds is 11. The van der Waals surface area contributed by atoms with Gasteiger partial charge in [-0.3, -0.25) is 14.6 Å². The van der Waals surface area contributed by atoms with Gasteiger partial charge in [0.1, 0.15) is 16.5 Å². The number of nitrogens with one attached hydrogen (secondary N) is 2. The van der Waals surface area contributed by atoms with Gasteiger partial charge in [0.15, 0.2) is 10.8 Å². The molecule has 1 amide bonds. The van der Waals surface area contributed by atoms with Gasteiger partial charge in [-0.15, -0.1) is 22.7 Å². The Morgan fingerprint density at radius 1 is 1.12 bits per heavy atom. The molecule has 0 aliphatic rings. The number of amides is 1. The largest absolute Gasteiger partial charge is 0.346 e. The minimum absolute atomic E-state index is 0.0648. The van der Waals surface area contributed by atoms with Gasteiger partial charge < -0.3 is 10.3 Å². The van der Waals surface area contributed by atoms with Crippen molar-refractivity contribution >= 4 is 34.4 Å². The Bertz CT molecular complexity index is 1170. The number of aromatic amines is 1. The first kappa shape index (κ1) is 22.9. The Morgan fingerprint density at radius 2 is 1.97 bits per heavy atom. The molecule has 0 bridgehead atoms. The number of hydrogen-bond donors (Lipinski definition) is 2. The van der Waals surface area contributed by atoms with Crippen molar-refractivity contribution in [1.82, 2.24) is 25.3 Å². The summed E-state index contributed by atoms with van der Waals surface area (Å²) < 4.78 is 13.2. The van der Waals surface area contributed by atoms with Crippen molar-refractivity contribution in [1.29, 1.82) is 0 Å². The second-order valence-corrected chi connectivity index (χ2v) is 9.21. The van der Waals surface area contributed by atoms with Crippen LogP contribution < -0.4 is 5.32 Å². The van der Waals surface area contributed by atoms with Gasteiger partial charge >= 0.3 is 0 Å². The number of benzene rings is 1. The smallest absolute Gasteiger partial charge is 0.263 e. The van der Waals surface area contributed by atoms with Gasteiger partial charge in [0.2, 0.25) is 0 Å². The van der Waals surface area contributed by atoms with Crippen LogP contribution >= 0.6 is 22.7 Å². The summed E-state index contributed by atoms with van der Waals surface area (Å²) in [5.74, 6) is 0.180. The van der Waals surface area contributed by atoms with Crippen molar-refractivity contribution in [2.24, 2.45) is 0 Å². The summed E-state index contributed by atoms with van der Waals surface area (Å²) in [6.45, 7) is 0. The fraction of sp³-hybridized carbons (Fsp3) is 0.261. The Labute approximate surface area is 198 Å². The Balaban J connectivity index is 1.38. The summed E-state index contributed by atoms with van der Waals surface area (Å²) in [7, 11) is 0. The molecular formula is C23H22FN5O2S2. The average Bonchev–Trinajstić information content (AvgIpc) is 3.60. The van der Waals surface area contributed by atoms with Crippen LogP contribution in [0, 0.1) is 5.82 Å².